The summed E-state index contributed by atoms with van der Waals surface area (Å²) >= 11 is 7.75. The maximum atomic E-state index is 11.1. The highest BCUT2D eigenvalue weighted by atomic mass is 32.2. The summed E-state index contributed by atoms with van der Waals surface area (Å²) in [6, 6.07) is 0. The minimum Gasteiger partial charge on any atom is -0.461 e. The Bertz CT molecular complexity index is 429. The molecule has 2 saturated heterocycles. The third kappa shape index (κ3) is 6.98. The summed E-state index contributed by atoms with van der Waals surface area (Å²) in [7, 11) is 0. The molecule has 0 aromatic rings. The van der Waals surface area contributed by atoms with Crippen LogP contribution in [0.5, 0.6) is 0 Å². The molecule has 2 fully saturated rings. The molecule has 4 nitrogen and oxygen atoms in total. The normalized spacial score (nSPS) is 29.2. The van der Waals surface area contributed by atoms with Crippen LogP contribution in [-0.2, 0) is 19.1 Å². The van der Waals surface area contributed by atoms with Crippen LogP contribution in [0.15, 0.2) is 25.3 Å². The van der Waals surface area contributed by atoms with Crippen molar-refractivity contribution in [3.05, 3.63) is 25.3 Å². The molecule has 0 bridgehead atoms. The molecule has 0 aromatic heterocycles. The average Bonchev–Trinajstić information content (AvgIpc) is 3.24. The van der Waals surface area contributed by atoms with Crippen LogP contribution in [-0.4, -0.2) is 56.3 Å². The Hall–Kier alpha value is -0.180. The summed E-state index contributed by atoms with van der Waals surface area (Å²) in [5.41, 5.74) is 0. The van der Waals surface area contributed by atoms with E-state index in [9.17, 15) is 9.59 Å². The van der Waals surface area contributed by atoms with Crippen molar-refractivity contribution in [2.75, 3.05) is 24.7 Å². The molecule has 2 rings (SSSR count). The van der Waals surface area contributed by atoms with Gasteiger partial charge in [0.15, 0.2) is 0 Å². The first-order chi connectivity index (χ1) is 11.6. The van der Waals surface area contributed by atoms with Crippen molar-refractivity contribution in [2.24, 2.45) is 0 Å². The van der Waals surface area contributed by atoms with Crippen LogP contribution in [0, 0.1) is 0 Å². The monoisotopic (exact) mass is 406 g/mol. The van der Waals surface area contributed by atoms with Crippen LogP contribution < -0.4 is 0 Å². The molecule has 134 valence electrons. The molecule has 2 heterocycles. The number of hydrogen-bond donors (Lipinski definition) is 0. The second-order valence-corrected chi connectivity index (χ2v) is 11.4. The van der Waals surface area contributed by atoms with Crippen LogP contribution in [0.3, 0.4) is 0 Å². The third-order valence-corrected chi connectivity index (χ3v) is 10.2. The Balaban J connectivity index is 1.58. The van der Waals surface area contributed by atoms with Gasteiger partial charge in [-0.25, -0.2) is 9.59 Å². The van der Waals surface area contributed by atoms with Gasteiger partial charge in [0, 0.05) is 34.2 Å². The van der Waals surface area contributed by atoms with Gasteiger partial charge in [-0.1, -0.05) is 13.2 Å². The molecule has 24 heavy (non-hydrogen) atoms. The molecule has 0 aliphatic carbocycles. The van der Waals surface area contributed by atoms with Crippen molar-refractivity contribution < 1.29 is 19.1 Å². The van der Waals surface area contributed by atoms with Gasteiger partial charge in [0.25, 0.3) is 0 Å². The van der Waals surface area contributed by atoms with E-state index < -0.39 is 0 Å². The second kappa shape index (κ2) is 10.7. The topological polar surface area (TPSA) is 52.6 Å². The van der Waals surface area contributed by atoms with Gasteiger partial charge in [-0.15, -0.1) is 47.0 Å². The van der Waals surface area contributed by atoms with Gasteiger partial charge in [0.2, 0.25) is 0 Å². The molecule has 0 amide bonds. The third-order valence-electron chi connectivity index (χ3n) is 3.42. The lowest BCUT2D eigenvalue weighted by Gasteiger charge is -2.13. The van der Waals surface area contributed by atoms with Crippen molar-refractivity contribution in [1.29, 1.82) is 0 Å². The van der Waals surface area contributed by atoms with E-state index in [0.717, 1.165) is 24.3 Å². The number of ether oxygens (including phenoxy) is 2. The molecule has 8 heteroatoms. The molecular formula is C16H22O4S4. The highest BCUT2D eigenvalue weighted by Gasteiger charge is 2.30. The Morgan fingerprint density at radius 1 is 0.875 bits per heavy atom. The van der Waals surface area contributed by atoms with Gasteiger partial charge in [0.05, 0.1) is 9.16 Å². The number of hydrogen-bond acceptors (Lipinski definition) is 8. The highest BCUT2D eigenvalue weighted by molar-refractivity contribution is 8.21. The Kier molecular flexibility index (Phi) is 9.00. The van der Waals surface area contributed by atoms with E-state index in [0.29, 0.717) is 32.9 Å². The van der Waals surface area contributed by atoms with Gasteiger partial charge < -0.3 is 9.47 Å². The fraction of sp³-hybridized carbons (Fsp3) is 0.625. The Morgan fingerprint density at radius 2 is 1.29 bits per heavy atom. The molecule has 0 N–H and O–H groups in total. The second-order valence-electron chi connectivity index (χ2n) is 5.29. The standard InChI is InChI=1S/C16H22O4S4/c1-3-13(17)19-7-11-9-21-15(23-11)5-6-16-22-10-12(24-16)8-20-14(18)4-2/h3-4,11-12,15-16H,1-2,5-10H2. The maximum Gasteiger partial charge on any atom is 0.330 e. The van der Waals surface area contributed by atoms with Gasteiger partial charge >= 0.3 is 11.9 Å². The molecule has 0 radical (unpaired) electrons. The summed E-state index contributed by atoms with van der Waals surface area (Å²) in [4.78, 5) is 22.2. The minimum atomic E-state index is -0.342. The summed E-state index contributed by atoms with van der Waals surface area (Å²) in [5.74, 6) is 1.38. The molecule has 0 aromatic carbocycles. The zero-order valence-electron chi connectivity index (χ0n) is 13.4. The van der Waals surface area contributed by atoms with Crippen molar-refractivity contribution in [3.8, 4) is 0 Å². The summed E-state index contributed by atoms with van der Waals surface area (Å²) in [6.07, 6.45) is 4.74. The lowest BCUT2D eigenvalue weighted by atomic mass is 10.4. The number of rotatable bonds is 9. The fourth-order valence-electron chi connectivity index (χ4n) is 2.23. The average molecular weight is 407 g/mol. The van der Waals surface area contributed by atoms with E-state index in [2.05, 4.69) is 13.2 Å². The first kappa shape index (κ1) is 20.1. The number of esters is 2. The summed E-state index contributed by atoms with van der Waals surface area (Å²) in [5, 5.41) is 0.776. The molecule has 2 aliphatic heterocycles. The number of thioether (sulfide) groups is 4. The van der Waals surface area contributed by atoms with Crippen LogP contribution >= 0.6 is 47.0 Å². The summed E-state index contributed by atoms with van der Waals surface area (Å²) in [6.45, 7) is 7.76. The van der Waals surface area contributed by atoms with Gasteiger partial charge in [0.1, 0.15) is 13.2 Å². The van der Waals surface area contributed by atoms with E-state index in [-0.39, 0.29) is 11.9 Å². The molecule has 0 spiro atoms. The van der Waals surface area contributed by atoms with Crippen molar-refractivity contribution in [3.63, 3.8) is 0 Å². The predicted molar refractivity (Wildman–Crippen MR) is 107 cm³/mol. The molecule has 0 saturated carbocycles. The Morgan fingerprint density at radius 3 is 1.67 bits per heavy atom. The van der Waals surface area contributed by atoms with Crippen molar-refractivity contribution >= 4 is 59.0 Å². The zero-order valence-corrected chi connectivity index (χ0v) is 16.7. The van der Waals surface area contributed by atoms with E-state index in [4.69, 9.17) is 9.47 Å². The van der Waals surface area contributed by atoms with E-state index in [1.54, 1.807) is 0 Å². The lowest BCUT2D eigenvalue weighted by Crippen LogP contribution is -2.14. The van der Waals surface area contributed by atoms with Gasteiger partial charge in [-0.2, -0.15) is 0 Å². The first-order valence-corrected chi connectivity index (χ1v) is 11.7. The van der Waals surface area contributed by atoms with Crippen LogP contribution in [0.4, 0.5) is 0 Å². The van der Waals surface area contributed by atoms with E-state index in [1.807, 2.05) is 47.0 Å². The number of carbonyl (C=O) groups is 2. The van der Waals surface area contributed by atoms with Crippen molar-refractivity contribution in [1.82, 2.24) is 0 Å². The fourth-order valence-corrected chi connectivity index (χ4v) is 8.73. The van der Waals surface area contributed by atoms with Gasteiger partial charge in [-0.05, 0) is 12.8 Å². The number of carbonyl (C=O) groups excluding carboxylic acids is 2. The largest absolute Gasteiger partial charge is 0.461 e. The smallest absolute Gasteiger partial charge is 0.330 e. The van der Waals surface area contributed by atoms with E-state index >= 15 is 0 Å². The quantitative estimate of drug-likeness (QED) is 0.425. The first-order valence-electron chi connectivity index (χ1n) is 7.73. The molecular weight excluding hydrogens is 384 g/mol. The molecule has 4 atom stereocenters. The van der Waals surface area contributed by atoms with Crippen LogP contribution in [0.2, 0.25) is 0 Å². The van der Waals surface area contributed by atoms with Crippen LogP contribution in [0.25, 0.3) is 0 Å². The SMILES string of the molecule is C=CC(=O)OCC1CSC(CCC2SCC(COC(=O)C=C)S2)S1. The molecule has 2 aliphatic rings. The minimum absolute atomic E-state index is 0.342. The van der Waals surface area contributed by atoms with E-state index in [1.165, 1.54) is 12.2 Å². The zero-order chi connectivity index (χ0) is 17.4. The van der Waals surface area contributed by atoms with Crippen LogP contribution in [0.1, 0.15) is 12.8 Å². The van der Waals surface area contributed by atoms with Gasteiger partial charge in [-0.3, -0.25) is 0 Å². The highest BCUT2D eigenvalue weighted by Crippen LogP contribution is 2.45. The molecule has 4 unspecified atom stereocenters. The maximum absolute atomic E-state index is 11.1. The predicted octanol–water partition coefficient (Wildman–Crippen LogP) is 3.57. The lowest BCUT2D eigenvalue weighted by molar-refractivity contribution is -0.138. The summed E-state index contributed by atoms with van der Waals surface area (Å²) < 4.78 is 11.4. The Labute approximate surface area is 160 Å². The van der Waals surface area contributed by atoms with Crippen molar-refractivity contribution in [2.45, 2.75) is 32.5 Å².